The van der Waals surface area contributed by atoms with Gasteiger partial charge in [-0.05, 0) is 38.0 Å². The van der Waals surface area contributed by atoms with Gasteiger partial charge in [0.15, 0.2) is 11.5 Å². The summed E-state index contributed by atoms with van der Waals surface area (Å²) in [5.41, 5.74) is 8.40. The van der Waals surface area contributed by atoms with Crippen LogP contribution in [-0.2, 0) is 6.42 Å². The third-order valence-corrected chi connectivity index (χ3v) is 2.47. The molecule has 0 saturated heterocycles. The molecule has 0 aliphatic heterocycles. The van der Waals surface area contributed by atoms with E-state index in [1.807, 2.05) is 18.2 Å². The Labute approximate surface area is 103 Å². The molecule has 1 unspecified atom stereocenters. The van der Waals surface area contributed by atoms with Crippen LogP contribution in [0.1, 0.15) is 19.4 Å². The largest absolute Gasteiger partial charge is 0.493 e. The van der Waals surface area contributed by atoms with Crippen molar-refractivity contribution >= 4 is 0 Å². The van der Waals surface area contributed by atoms with Crippen molar-refractivity contribution in [3.8, 4) is 11.5 Å². The Balaban J connectivity index is 2.82. The predicted molar refractivity (Wildman–Crippen MR) is 70.7 cm³/mol. The zero-order valence-electron chi connectivity index (χ0n) is 11.0. The van der Waals surface area contributed by atoms with Gasteiger partial charge in [-0.15, -0.1) is 0 Å². The van der Waals surface area contributed by atoms with Crippen LogP contribution >= 0.6 is 0 Å². The van der Waals surface area contributed by atoms with Gasteiger partial charge in [-0.25, -0.2) is 0 Å². The van der Waals surface area contributed by atoms with Gasteiger partial charge in [0.05, 0.1) is 14.2 Å². The first-order valence-electron chi connectivity index (χ1n) is 5.68. The summed E-state index contributed by atoms with van der Waals surface area (Å²) in [6, 6.07) is 5.93. The summed E-state index contributed by atoms with van der Waals surface area (Å²) in [4.78, 5) is 0. The zero-order valence-corrected chi connectivity index (χ0v) is 11.0. The van der Waals surface area contributed by atoms with Gasteiger partial charge >= 0.3 is 0 Å². The molecule has 17 heavy (non-hydrogen) atoms. The maximum absolute atomic E-state index is 6.02. The maximum atomic E-state index is 6.02. The monoisotopic (exact) mass is 235 g/mol. The van der Waals surface area contributed by atoms with E-state index in [0.717, 1.165) is 23.5 Å². The molecule has 3 heteroatoms. The van der Waals surface area contributed by atoms with Crippen LogP contribution in [0.25, 0.3) is 0 Å². The second-order valence-corrected chi connectivity index (χ2v) is 4.30. The van der Waals surface area contributed by atoms with Crippen molar-refractivity contribution in [3.05, 3.63) is 35.4 Å². The number of hydrogen-bond acceptors (Lipinski definition) is 3. The minimum absolute atomic E-state index is 0.0399. The zero-order chi connectivity index (χ0) is 12.8. The normalized spacial score (nSPS) is 11.8. The van der Waals surface area contributed by atoms with E-state index in [4.69, 9.17) is 15.2 Å². The molecule has 0 bridgehead atoms. The van der Waals surface area contributed by atoms with E-state index in [0.29, 0.717) is 0 Å². The molecule has 1 rings (SSSR count). The quantitative estimate of drug-likeness (QED) is 0.798. The molecule has 1 aromatic carbocycles. The van der Waals surface area contributed by atoms with Crippen molar-refractivity contribution in [2.24, 2.45) is 5.73 Å². The van der Waals surface area contributed by atoms with E-state index in [2.05, 4.69) is 19.9 Å². The van der Waals surface area contributed by atoms with Crippen LogP contribution in [0.2, 0.25) is 0 Å². The van der Waals surface area contributed by atoms with Gasteiger partial charge in [0.25, 0.3) is 0 Å². The highest BCUT2D eigenvalue weighted by molar-refractivity contribution is 5.43. The second-order valence-electron chi connectivity index (χ2n) is 4.30. The predicted octanol–water partition coefficient (Wildman–Crippen LogP) is 2.54. The van der Waals surface area contributed by atoms with Crippen molar-refractivity contribution in [1.29, 1.82) is 0 Å². The topological polar surface area (TPSA) is 44.5 Å². The average Bonchev–Trinajstić information content (AvgIpc) is 2.27. The molecule has 0 aromatic heterocycles. The molecule has 0 fully saturated rings. The minimum Gasteiger partial charge on any atom is -0.493 e. The van der Waals surface area contributed by atoms with E-state index in [1.165, 1.54) is 5.57 Å². The van der Waals surface area contributed by atoms with Gasteiger partial charge < -0.3 is 15.2 Å². The van der Waals surface area contributed by atoms with Crippen LogP contribution in [0.15, 0.2) is 29.8 Å². The van der Waals surface area contributed by atoms with Gasteiger partial charge in [-0.1, -0.05) is 17.7 Å². The molecular weight excluding hydrogens is 214 g/mol. The number of rotatable bonds is 5. The summed E-state index contributed by atoms with van der Waals surface area (Å²) in [5.74, 6) is 1.49. The van der Waals surface area contributed by atoms with Crippen LogP contribution in [0.5, 0.6) is 11.5 Å². The standard InChI is InChI=1S/C14H21NO2/c1-10(2)7-12(15)8-11-5-6-13(16-3)14(9-11)17-4/h5-7,9,12H,8,15H2,1-4H3. The lowest BCUT2D eigenvalue weighted by molar-refractivity contribution is 0.354. The van der Waals surface area contributed by atoms with Crippen LogP contribution < -0.4 is 15.2 Å². The van der Waals surface area contributed by atoms with Gasteiger partial charge in [-0.2, -0.15) is 0 Å². The number of hydrogen-bond donors (Lipinski definition) is 1. The van der Waals surface area contributed by atoms with Crippen molar-refractivity contribution in [1.82, 2.24) is 0 Å². The number of methoxy groups -OCH3 is 2. The van der Waals surface area contributed by atoms with Crippen molar-refractivity contribution in [3.63, 3.8) is 0 Å². The van der Waals surface area contributed by atoms with E-state index in [9.17, 15) is 0 Å². The van der Waals surface area contributed by atoms with Crippen LogP contribution in [0.4, 0.5) is 0 Å². The Morgan fingerprint density at radius 1 is 1.24 bits per heavy atom. The van der Waals surface area contributed by atoms with Gasteiger partial charge in [0, 0.05) is 6.04 Å². The molecule has 2 N–H and O–H groups in total. The number of nitrogens with two attached hydrogens (primary N) is 1. The van der Waals surface area contributed by atoms with Gasteiger partial charge in [0.2, 0.25) is 0 Å². The highest BCUT2D eigenvalue weighted by Gasteiger charge is 2.06. The molecule has 3 nitrogen and oxygen atoms in total. The van der Waals surface area contributed by atoms with Gasteiger partial charge in [0.1, 0.15) is 0 Å². The molecule has 94 valence electrons. The van der Waals surface area contributed by atoms with Crippen LogP contribution in [-0.4, -0.2) is 20.3 Å². The number of allylic oxidation sites excluding steroid dienone is 1. The lowest BCUT2D eigenvalue weighted by atomic mass is 10.0. The minimum atomic E-state index is 0.0399. The molecule has 0 heterocycles. The molecule has 1 aromatic rings. The summed E-state index contributed by atoms with van der Waals surface area (Å²) in [6.07, 6.45) is 2.86. The molecular formula is C14H21NO2. The fraction of sp³-hybridized carbons (Fsp3) is 0.429. The third-order valence-electron chi connectivity index (χ3n) is 2.47. The Morgan fingerprint density at radius 2 is 1.88 bits per heavy atom. The SMILES string of the molecule is COc1ccc(CC(N)C=C(C)C)cc1OC. The molecule has 0 aliphatic carbocycles. The fourth-order valence-corrected chi connectivity index (χ4v) is 1.77. The fourth-order valence-electron chi connectivity index (χ4n) is 1.77. The summed E-state index contributed by atoms with van der Waals surface area (Å²) < 4.78 is 10.5. The molecule has 0 spiro atoms. The summed E-state index contributed by atoms with van der Waals surface area (Å²) in [5, 5.41) is 0. The number of ether oxygens (including phenoxy) is 2. The number of benzene rings is 1. The first-order valence-corrected chi connectivity index (χ1v) is 5.68. The Kier molecular flexibility index (Phi) is 5.04. The van der Waals surface area contributed by atoms with E-state index < -0.39 is 0 Å². The Bertz CT molecular complexity index is 395. The van der Waals surface area contributed by atoms with E-state index >= 15 is 0 Å². The molecule has 0 amide bonds. The van der Waals surface area contributed by atoms with E-state index in [1.54, 1.807) is 14.2 Å². The van der Waals surface area contributed by atoms with Crippen molar-refractivity contribution < 1.29 is 9.47 Å². The smallest absolute Gasteiger partial charge is 0.160 e. The Hall–Kier alpha value is -1.48. The third kappa shape index (κ3) is 4.11. The first-order chi connectivity index (χ1) is 8.06. The Morgan fingerprint density at radius 3 is 2.41 bits per heavy atom. The van der Waals surface area contributed by atoms with Gasteiger partial charge in [-0.3, -0.25) is 0 Å². The maximum Gasteiger partial charge on any atom is 0.160 e. The molecule has 0 saturated carbocycles. The van der Waals surface area contributed by atoms with Crippen LogP contribution in [0.3, 0.4) is 0 Å². The first kappa shape index (κ1) is 13.6. The molecule has 0 radical (unpaired) electrons. The second kappa shape index (κ2) is 6.30. The molecule has 0 aliphatic rings. The molecule has 1 atom stereocenters. The summed E-state index contributed by atoms with van der Waals surface area (Å²) in [7, 11) is 3.27. The highest BCUT2D eigenvalue weighted by Crippen LogP contribution is 2.27. The summed E-state index contributed by atoms with van der Waals surface area (Å²) >= 11 is 0. The highest BCUT2D eigenvalue weighted by atomic mass is 16.5. The average molecular weight is 235 g/mol. The van der Waals surface area contributed by atoms with Crippen LogP contribution in [0, 0.1) is 0 Å². The van der Waals surface area contributed by atoms with E-state index in [-0.39, 0.29) is 6.04 Å². The lowest BCUT2D eigenvalue weighted by Gasteiger charge is -2.11. The van der Waals surface area contributed by atoms with Crippen molar-refractivity contribution in [2.75, 3.05) is 14.2 Å². The van der Waals surface area contributed by atoms with Crippen molar-refractivity contribution in [2.45, 2.75) is 26.3 Å². The lowest BCUT2D eigenvalue weighted by Crippen LogP contribution is -2.20. The summed E-state index contributed by atoms with van der Waals surface area (Å²) in [6.45, 7) is 4.10.